The van der Waals surface area contributed by atoms with Crippen molar-refractivity contribution in [1.82, 2.24) is 25.1 Å². The first-order valence-corrected chi connectivity index (χ1v) is 6.86. The second-order valence-corrected chi connectivity index (χ2v) is 4.97. The van der Waals surface area contributed by atoms with Gasteiger partial charge >= 0.3 is 6.03 Å². The highest BCUT2D eigenvalue weighted by molar-refractivity contribution is 5.91. The predicted octanol–water partition coefficient (Wildman–Crippen LogP) is 1.99. The van der Waals surface area contributed by atoms with Gasteiger partial charge in [-0.15, -0.1) is 0 Å². The Labute approximate surface area is 127 Å². The first kappa shape index (κ1) is 14.0. The molecule has 0 fully saturated rings. The summed E-state index contributed by atoms with van der Waals surface area (Å²) in [4.78, 5) is 20.2. The van der Waals surface area contributed by atoms with Crippen molar-refractivity contribution < 1.29 is 4.79 Å². The quantitative estimate of drug-likeness (QED) is 0.774. The minimum atomic E-state index is -0.278. The highest BCUT2D eigenvalue weighted by Crippen LogP contribution is 2.19. The molecule has 0 aliphatic heterocycles. The molecule has 0 atom stereocenters. The van der Waals surface area contributed by atoms with E-state index in [1.54, 1.807) is 23.3 Å². The highest BCUT2D eigenvalue weighted by atomic mass is 16.2. The maximum absolute atomic E-state index is 11.9. The number of hydrogen-bond acceptors (Lipinski definition) is 4. The van der Waals surface area contributed by atoms with Gasteiger partial charge in [0.1, 0.15) is 0 Å². The lowest BCUT2D eigenvalue weighted by Crippen LogP contribution is -2.28. The van der Waals surface area contributed by atoms with Crippen molar-refractivity contribution in [3.8, 4) is 0 Å². The van der Waals surface area contributed by atoms with Gasteiger partial charge < -0.3 is 10.6 Å². The van der Waals surface area contributed by atoms with Crippen molar-refractivity contribution >= 4 is 22.8 Å². The van der Waals surface area contributed by atoms with Gasteiger partial charge in [0.25, 0.3) is 0 Å². The summed E-state index contributed by atoms with van der Waals surface area (Å²) >= 11 is 0. The Morgan fingerprint density at radius 1 is 1.32 bits per heavy atom. The first-order chi connectivity index (χ1) is 10.6. The van der Waals surface area contributed by atoms with Crippen molar-refractivity contribution in [2.24, 2.45) is 7.05 Å². The Morgan fingerprint density at radius 2 is 2.09 bits per heavy atom. The minimum Gasteiger partial charge on any atom is -0.334 e. The molecule has 3 rings (SSSR count). The maximum Gasteiger partial charge on any atom is 0.319 e. The van der Waals surface area contributed by atoms with Crippen molar-refractivity contribution in [2.45, 2.75) is 13.5 Å². The molecule has 2 amide bonds. The number of rotatable bonds is 3. The summed E-state index contributed by atoms with van der Waals surface area (Å²) < 4.78 is 1.72. The fourth-order valence-electron chi connectivity index (χ4n) is 2.23. The third-order valence-corrected chi connectivity index (χ3v) is 3.32. The van der Waals surface area contributed by atoms with Crippen LogP contribution in [0.1, 0.15) is 11.3 Å². The lowest BCUT2D eigenvalue weighted by molar-refractivity contribution is 0.251. The van der Waals surface area contributed by atoms with E-state index in [4.69, 9.17) is 0 Å². The van der Waals surface area contributed by atoms with E-state index in [-0.39, 0.29) is 6.03 Å². The van der Waals surface area contributed by atoms with Crippen LogP contribution in [-0.2, 0) is 13.6 Å². The number of carbonyl (C=O) groups is 1. The molecule has 0 aromatic carbocycles. The number of amides is 2. The van der Waals surface area contributed by atoms with Crippen LogP contribution in [0.15, 0.2) is 36.8 Å². The molecule has 7 heteroatoms. The van der Waals surface area contributed by atoms with Gasteiger partial charge in [-0.2, -0.15) is 5.10 Å². The molecule has 0 unspecified atom stereocenters. The number of aryl methyl sites for hydroxylation is 2. The zero-order valence-corrected chi connectivity index (χ0v) is 12.4. The second-order valence-electron chi connectivity index (χ2n) is 4.97. The van der Waals surface area contributed by atoms with Crippen LogP contribution < -0.4 is 10.6 Å². The average Bonchev–Trinajstić information content (AvgIpc) is 2.81. The largest absolute Gasteiger partial charge is 0.334 e. The molecule has 0 spiro atoms. The first-order valence-electron chi connectivity index (χ1n) is 6.86. The Morgan fingerprint density at radius 3 is 2.86 bits per heavy atom. The number of anilines is 1. The topological polar surface area (TPSA) is 84.7 Å². The molecule has 0 radical (unpaired) electrons. The fourth-order valence-corrected chi connectivity index (χ4v) is 2.23. The standard InChI is InChI=1S/C15H16N6O/c1-10-13-7-12(9-17-14(13)21(2)20-10)19-15(22)18-8-11-3-5-16-6-4-11/h3-7,9H,8H2,1-2H3,(H2,18,19,22). The summed E-state index contributed by atoms with van der Waals surface area (Å²) in [5.41, 5.74) is 3.30. The van der Waals surface area contributed by atoms with E-state index in [1.807, 2.05) is 32.2 Å². The third-order valence-electron chi connectivity index (χ3n) is 3.32. The van der Waals surface area contributed by atoms with E-state index in [0.717, 1.165) is 22.3 Å². The summed E-state index contributed by atoms with van der Waals surface area (Å²) in [5.74, 6) is 0. The van der Waals surface area contributed by atoms with Crippen LogP contribution in [0.4, 0.5) is 10.5 Å². The monoisotopic (exact) mass is 296 g/mol. The highest BCUT2D eigenvalue weighted by Gasteiger charge is 2.08. The summed E-state index contributed by atoms with van der Waals surface area (Å²) in [6, 6.07) is 5.30. The van der Waals surface area contributed by atoms with E-state index in [1.165, 1.54) is 0 Å². The zero-order chi connectivity index (χ0) is 15.5. The molecule has 0 bridgehead atoms. The summed E-state index contributed by atoms with van der Waals surface area (Å²) in [6.45, 7) is 2.35. The van der Waals surface area contributed by atoms with Gasteiger partial charge in [-0.1, -0.05) is 0 Å². The van der Waals surface area contributed by atoms with Crippen LogP contribution in [0.25, 0.3) is 11.0 Å². The van der Waals surface area contributed by atoms with Gasteiger partial charge in [-0.3, -0.25) is 9.67 Å². The molecular formula is C15H16N6O. The van der Waals surface area contributed by atoms with Crippen LogP contribution in [0, 0.1) is 6.92 Å². The van der Waals surface area contributed by atoms with Crippen LogP contribution in [-0.4, -0.2) is 25.8 Å². The van der Waals surface area contributed by atoms with Crippen molar-refractivity contribution in [3.05, 3.63) is 48.0 Å². The van der Waals surface area contributed by atoms with Crippen LogP contribution in [0.3, 0.4) is 0 Å². The molecule has 3 aromatic heterocycles. The Balaban J connectivity index is 1.67. The van der Waals surface area contributed by atoms with E-state index < -0.39 is 0 Å². The van der Waals surface area contributed by atoms with Gasteiger partial charge in [0.2, 0.25) is 0 Å². The van der Waals surface area contributed by atoms with E-state index in [2.05, 4.69) is 25.7 Å². The van der Waals surface area contributed by atoms with Crippen LogP contribution in [0.2, 0.25) is 0 Å². The van der Waals surface area contributed by atoms with E-state index in [0.29, 0.717) is 12.2 Å². The molecule has 3 aromatic rings. The Kier molecular flexibility index (Phi) is 3.69. The van der Waals surface area contributed by atoms with Crippen LogP contribution in [0.5, 0.6) is 0 Å². The van der Waals surface area contributed by atoms with E-state index in [9.17, 15) is 4.79 Å². The zero-order valence-electron chi connectivity index (χ0n) is 12.4. The lowest BCUT2D eigenvalue weighted by atomic mass is 10.2. The molecule has 112 valence electrons. The lowest BCUT2D eigenvalue weighted by Gasteiger charge is -2.07. The number of carbonyl (C=O) groups excluding carboxylic acids is 1. The number of aromatic nitrogens is 4. The third kappa shape index (κ3) is 2.88. The molecule has 0 saturated carbocycles. The molecule has 0 aliphatic rings. The molecule has 0 saturated heterocycles. The number of fused-ring (bicyclic) bond motifs is 1. The van der Waals surface area contributed by atoms with Gasteiger partial charge in [0.15, 0.2) is 5.65 Å². The number of nitrogens with one attached hydrogen (secondary N) is 2. The summed E-state index contributed by atoms with van der Waals surface area (Å²) in [5, 5.41) is 10.8. The fraction of sp³-hybridized carbons (Fsp3) is 0.200. The normalized spacial score (nSPS) is 10.6. The van der Waals surface area contributed by atoms with Gasteiger partial charge in [-0.25, -0.2) is 9.78 Å². The molecular weight excluding hydrogens is 280 g/mol. The maximum atomic E-state index is 11.9. The van der Waals surface area contributed by atoms with Gasteiger partial charge in [-0.05, 0) is 30.7 Å². The van der Waals surface area contributed by atoms with Crippen molar-refractivity contribution in [2.75, 3.05) is 5.32 Å². The second kappa shape index (κ2) is 5.80. The molecule has 7 nitrogen and oxygen atoms in total. The predicted molar refractivity (Wildman–Crippen MR) is 83.3 cm³/mol. The molecule has 2 N–H and O–H groups in total. The number of urea groups is 1. The Bertz CT molecular complexity index is 812. The summed E-state index contributed by atoms with van der Waals surface area (Å²) in [6.07, 6.45) is 5.01. The SMILES string of the molecule is Cc1nn(C)c2ncc(NC(=O)NCc3ccncc3)cc12. The molecule has 0 aliphatic carbocycles. The molecule has 22 heavy (non-hydrogen) atoms. The van der Waals surface area contributed by atoms with Gasteiger partial charge in [0.05, 0.1) is 17.6 Å². The minimum absolute atomic E-state index is 0.278. The van der Waals surface area contributed by atoms with E-state index >= 15 is 0 Å². The van der Waals surface area contributed by atoms with Crippen molar-refractivity contribution in [3.63, 3.8) is 0 Å². The van der Waals surface area contributed by atoms with Crippen molar-refractivity contribution in [1.29, 1.82) is 0 Å². The number of nitrogens with zero attached hydrogens (tertiary/aromatic N) is 4. The Hall–Kier alpha value is -2.96. The number of hydrogen-bond donors (Lipinski definition) is 2. The smallest absolute Gasteiger partial charge is 0.319 e. The average molecular weight is 296 g/mol. The molecule has 3 heterocycles. The number of pyridine rings is 2. The summed E-state index contributed by atoms with van der Waals surface area (Å²) in [7, 11) is 1.84. The van der Waals surface area contributed by atoms with Gasteiger partial charge in [0, 0.05) is 31.4 Å². The van der Waals surface area contributed by atoms with Crippen LogP contribution >= 0.6 is 0 Å².